The predicted octanol–water partition coefficient (Wildman–Crippen LogP) is 8.25. The first-order chi connectivity index (χ1) is 16.3. The molecule has 1 aliphatic carbocycles. The van der Waals surface area contributed by atoms with Gasteiger partial charge in [0.15, 0.2) is 0 Å². The van der Waals surface area contributed by atoms with Gasteiger partial charge in [0, 0.05) is 23.6 Å². The molecule has 0 bridgehead atoms. The third-order valence-corrected chi connectivity index (χ3v) is 7.91. The summed E-state index contributed by atoms with van der Waals surface area (Å²) in [6, 6.07) is 31.4. The minimum Gasteiger partial charge on any atom is -0.380 e. The minimum atomic E-state index is -0.102. The summed E-state index contributed by atoms with van der Waals surface area (Å²) in [6.07, 6.45) is 0. The average molecular weight is 446 g/mol. The Morgan fingerprint density at radius 3 is 2.06 bits per heavy atom. The number of nitrogens with zero attached hydrogens (tertiary/aromatic N) is 1. The Balaban J connectivity index is 1.64. The molecule has 0 saturated carbocycles. The maximum absolute atomic E-state index is 5.43. The molecule has 0 fully saturated rings. The molecule has 4 aromatic rings. The van der Waals surface area contributed by atoms with Crippen molar-refractivity contribution in [2.45, 2.75) is 45.1 Å². The molecule has 2 aliphatic rings. The van der Waals surface area contributed by atoms with Gasteiger partial charge in [0.2, 0.25) is 0 Å². The SMILES string of the molecule is COCc1ccc2c(c1)C(C)(C)c1cc3c(cc1-2)C(C)(C)c1ccccc1N3c1ccccc1. The van der Waals surface area contributed by atoms with Crippen LogP contribution in [0, 0.1) is 0 Å². The number of benzene rings is 4. The van der Waals surface area contributed by atoms with Crippen molar-refractivity contribution in [2.24, 2.45) is 0 Å². The van der Waals surface area contributed by atoms with E-state index in [1.807, 2.05) is 0 Å². The zero-order chi connectivity index (χ0) is 23.7. The fourth-order valence-corrected chi connectivity index (χ4v) is 6.09. The van der Waals surface area contributed by atoms with Crippen molar-refractivity contribution in [1.29, 1.82) is 0 Å². The van der Waals surface area contributed by atoms with E-state index in [-0.39, 0.29) is 10.8 Å². The maximum Gasteiger partial charge on any atom is 0.0713 e. The largest absolute Gasteiger partial charge is 0.380 e. The van der Waals surface area contributed by atoms with Crippen LogP contribution >= 0.6 is 0 Å². The first-order valence-electron chi connectivity index (χ1n) is 12.1. The van der Waals surface area contributed by atoms with Gasteiger partial charge in [-0.2, -0.15) is 0 Å². The van der Waals surface area contributed by atoms with Crippen LogP contribution in [0.5, 0.6) is 0 Å². The van der Waals surface area contributed by atoms with Gasteiger partial charge in [-0.15, -0.1) is 0 Å². The Labute approximate surface area is 202 Å². The van der Waals surface area contributed by atoms with E-state index in [0.29, 0.717) is 6.61 Å². The Kier molecular flexibility index (Phi) is 4.56. The minimum absolute atomic E-state index is 0.0765. The van der Waals surface area contributed by atoms with E-state index < -0.39 is 0 Å². The quantitative estimate of drug-likeness (QED) is 0.315. The molecule has 1 aliphatic heterocycles. The second-order valence-electron chi connectivity index (χ2n) is 10.7. The van der Waals surface area contributed by atoms with Crippen molar-refractivity contribution in [3.8, 4) is 11.1 Å². The molecule has 170 valence electrons. The predicted molar refractivity (Wildman–Crippen MR) is 142 cm³/mol. The third-order valence-electron chi connectivity index (χ3n) is 7.91. The van der Waals surface area contributed by atoms with Gasteiger partial charge in [0.25, 0.3) is 0 Å². The smallest absolute Gasteiger partial charge is 0.0713 e. The molecule has 4 aromatic carbocycles. The maximum atomic E-state index is 5.43. The normalized spacial score (nSPS) is 16.4. The number of anilines is 3. The van der Waals surface area contributed by atoms with Crippen LogP contribution in [-0.2, 0) is 22.2 Å². The molecular formula is C32H31NO. The van der Waals surface area contributed by atoms with E-state index in [0.717, 1.165) is 0 Å². The van der Waals surface area contributed by atoms with Crippen LogP contribution in [0.25, 0.3) is 11.1 Å². The number of ether oxygens (including phenoxy) is 1. The number of hydrogen-bond donors (Lipinski definition) is 0. The lowest BCUT2D eigenvalue weighted by atomic mass is 9.72. The van der Waals surface area contributed by atoms with Gasteiger partial charge in [-0.1, -0.05) is 82.3 Å². The summed E-state index contributed by atoms with van der Waals surface area (Å²) in [5.41, 5.74) is 13.0. The van der Waals surface area contributed by atoms with E-state index in [4.69, 9.17) is 4.74 Å². The molecule has 0 saturated heterocycles. The van der Waals surface area contributed by atoms with Gasteiger partial charge in [-0.25, -0.2) is 0 Å². The number of fused-ring (bicyclic) bond motifs is 5. The zero-order valence-electron chi connectivity index (χ0n) is 20.6. The molecule has 0 spiro atoms. The summed E-state index contributed by atoms with van der Waals surface area (Å²) in [5, 5.41) is 0. The van der Waals surface area contributed by atoms with E-state index in [2.05, 4.69) is 118 Å². The summed E-state index contributed by atoms with van der Waals surface area (Å²) >= 11 is 0. The number of rotatable bonds is 3. The van der Waals surface area contributed by atoms with Crippen molar-refractivity contribution in [3.63, 3.8) is 0 Å². The van der Waals surface area contributed by atoms with Gasteiger partial charge in [0.05, 0.1) is 18.0 Å². The fraction of sp³-hybridized carbons (Fsp3) is 0.250. The van der Waals surface area contributed by atoms with Gasteiger partial charge in [-0.05, 0) is 69.3 Å². The van der Waals surface area contributed by atoms with E-state index in [1.54, 1.807) is 7.11 Å². The Hall–Kier alpha value is -3.36. The van der Waals surface area contributed by atoms with Gasteiger partial charge in [0.1, 0.15) is 0 Å². The van der Waals surface area contributed by atoms with Crippen molar-refractivity contribution < 1.29 is 4.74 Å². The topological polar surface area (TPSA) is 12.5 Å². The molecule has 1 heterocycles. The molecule has 0 unspecified atom stereocenters. The van der Waals surface area contributed by atoms with Gasteiger partial charge in [-0.3, -0.25) is 0 Å². The first-order valence-corrected chi connectivity index (χ1v) is 12.1. The molecule has 34 heavy (non-hydrogen) atoms. The average Bonchev–Trinajstić information content (AvgIpc) is 3.05. The molecule has 0 amide bonds. The lowest BCUT2D eigenvalue weighted by molar-refractivity contribution is 0.185. The monoisotopic (exact) mass is 445 g/mol. The highest BCUT2D eigenvalue weighted by molar-refractivity contribution is 5.91. The van der Waals surface area contributed by atoms with Crippen LogP contribution in [0.3, 0.4) is 0 Å². The summed E-state index contributed by atoms with van der Waals surface area (Å²) in [5.74, 6) is 0. The molecule has 0 radical (unpaired) electrons. The van der Waals surface area contributed by atoms with E-state index in [9.17, 15) is 0 Å². The first kappa shape index (κ1) is 21.2. The molecule has 2 heteroatoms. The highest BCUT2D eigenvalue weighted by atomic mass is 16.5. The summed E-state index contributed by atoms with van der Waals surface area (Å²) in [7, 11) is 1.76. The van der Waals surface area contributed by atoms with Crippen LogP contribution < -0.4 is 4.90 Å². The molecule has 2 nitrogen and oxygen atoms in total. The summed E-state index contributed by atoms with van der Waals surface area (Å²) in [4.78, 5) is 2.45. The molecule has 0 aromatic heterocycles. The van der Waals surface area contributed by atoms with Crippen LogP contribution in [0.4, 0.5) is 17.1 Å². The van der Waals surface area contributed by atoms with E-state index in [1.165, 1.54) is 56.0 Å². The van der Waals surface area contributed by atoms with Crippen molar-refractivity contribution in [3.05, 3.63) is 113 Å². The Bertz CT molecular complexity index is 1410. The number of hydrogen-bond acceptors (Lipinski definition) is 2. The van der Waals surface area contributed by atoms with Crippen molar-refractivity contribution in [1.82, 2.24) is 0 Å². The summed E-state index contributed by atoms with van der Waals surface area (Å²) in [6.45, 7) is 10.1. The second kappa shape index (κ2) is 7.32. The van der Waals surface area contributed by atoms with Gasteiger partial charge < -0.3 is 9.64 Å². The standard InChI is InChI=1S/C32H31NO/c1-31(2)25-13-9-10-14-29(25)33(22-11-7-6-8-12-22)30-19-27-24(18-28(30)31)23-16-15-21(20-34-5)17-26(23)32(27,3)4/h6-19H,20H2,1-5H3. The van der Waals surface area contributed by atoms with Gasteiger partial charge >= 0.3 is 0 Å². The lowest BCUT2D eigenvalue weighted by Gasteiger charge is -2.42. The zero-order valence-corrected chi connectivity index (χ0v) is 20.6. The molecule has 6 rings (SSSR count). The lowest BCUT2D eigenvalue weighted by Crippen LogP contribution is -2.31. The van der Waals surface area contributed by atoms with Crippen LogP contribution in [0.15, 0.2) is 84.9 Å². The molecule has 0 atom stereocenters. The second-order valence-corrected chi connectivity index (χ2v) is 10.7. The van der Waals surface area contributed by atoms with Crippen molar-refractivity contribution in [2.75, 3.05) is 12.0 Å². The van der Waals surface area contributed by atoms with Crippen LogP contribution in [0.2, 0.25) is 0 Å². The highest BCUT2D eigenvalue weighted by Gasteiger charge is 2.42. The Morgan fingerprint density at radius 2 is 1.29 bits per heavy atom. The number of para-hydroxylation sites is 2. The third kappa shape index (κ3) is 2.85. The van der Waals surface area contributed by atoms with Crippen LogP contribution in [0.1, 0.15) is 55.5 Å². The molecular weight excluding hydrogens is 414 g/mol. The highest BCUT2D eigenvalue weighted by Crippen LogP contribution is 2.57. The van der Waals surface area contributed by atoms with Crippen LogP contribution in [-0.4, -0.2) is 7.11 Å². The summed E-state index contributed by atoms with van der Waals surface area (Å²) < 4.78 is 5.43. The fourth-order valence-electron chi connectivity index (χ4n) is 6.09. The molecule has 0 N–H and O–H groups in total. The van der Waals surface area contributed by atoms with E-state index >= 15 is 0 Å². The number of methoxy groups -OCH3 is 1. The Morgan fingerprint density at radius 1 is 0.618 bits per heavy atom. The van der Waals surface area contributed by atoms with Crippen molar-refractivity contribution >= 4 is 17.1 Å².